The van der Waals surface area contributed by atoms with Crippen LogP contribution in [0.2, 0.25) is 0 Å². The standard InChI is InChI=1S/C32H41N7O2/c1-30(2)15-26-32(5,19-41-30)24-16-33-29(36-28(24)39(26)27-9-7-8-25(35-27)31(3,4)40)34-20-10-12-21(13-11-20)38-17-22-14-23(18-38)37(22)6/h7-13,16,22-23,26,40H,14-15,17-19H2,1-6H3,(H,33,34,36)/t22-,23+,26-,32-/m0/s1. The van der Waals surface area contributed by atoms with Crippen LogP contribution >= 0.6 is 0 Å². The first-order valence-corrected chi connectivity index (χ1v) is 14.8. The fourth-order valence-corrected chi connectivity index (χ4v) is 7.05. The predicted octanol–water partition coefficient (Wildman–Crippen LogP) is 4.71. The molecule has 2 bridgehead atoms. The molecule has 5 aliphatic heterocycles. The van der Waals surface area contributed by atoms with Gasteiger partial charge in [-0.3, -0.25) is 4.90 Å². The average Bonchev–Trinajstić information content (AvgIpc) is 3.19. The quantitative estimate of drug-likeness (QED) is 0.464. The third kappa shape index (κ3) is 4.45. The van der Waals surface area contributed by atoms with Crippen molar-refractivity contribution in [3.63, 3.8) is 0 Å². The van der Waals surface area contributed by atoms with Crippen molar-refractivity contribution < 1.29 is 9.84 Å². The molecule has 0 unspecified atom stereocenters. The van der Waals surface area contributed by atoms with Gasteiger partial charge in [0.2, 0.25) is 5.95 Å². The van der Waals surface area contributed by atoms with Crippen LogP contribution in [-0.2, 0) is 15.8 Å². The van der Waals surface area contributed by atoms with Crippen molar-refractivity contribution in [2.24, 2.45) is 0 Å². The molecule has 0 spiro atoms. The van der Waals surface area contributed by atoms with Gasteiger partial charge >= 0.3 is 0 Å². The number of likely N-dealkylation sites (N-methyl/N-ethyl adjacent to an activating group) is 1. The minimum atomic E-state index is -1.05. The van der Waals surface area contributed by atoms with Crippen LogP contribution in [0.4, 0.5) is 29.0 Å². The van der Waals surface area contributed by atoms with Crippen molar-refractivity contribution in [2.75, 3.05) is 41.9 Å². The summed E-state index contributed by atoms with van der Waals surface area (Å²) in [5, 5.41) is 14.2. The van der Waals surface area contributed by atoms with E-state index >= 15 is 0 Å². The second-order valence-corrected chi connectivity index (χ2v) is 13.7. The summed E-state index contributed by atoms with van der Waals surface area (Å²) in [5.74, 6) is 2.16. The summed E-state index contributed by atoms with van der Waals surface area (Å²) >= 11 is 0. The van der Waals surface area contributed by atoms with Crippen LogP contribution in [-0.4, -0.2) is 75.4 Å². The first-order chi connectivity index (χ1) is 19.4. The molecule has 2 N–H and O–H groups in total. The summed E-state index contributed by atoms with van der Waals surface area (Å²) in [6, 6.07) is 15.9. The molecule has 0 amide bonds. The summed E-state index contributed by atoms with van der Waals surface area (Å²) in [4.78, 5) is 22.0. The molecular weight excluding hydrogens is 514 g/mol. The first-order valence-electron chi connectivity index (χ1n) is 14.8. The highest BCUT2D eigenvalue weighted by atomic mass is 16.5. The zero-order valence-electron chi connectivity index (χ0n) is 24.9. The van der Waals surface area contributed by atoms with E-state index in [9.17, 15) is 5.11 Å². The van der Waals surface area contributed by atoms with E-state index in [1.54, 1.807) is 13.8 Å². The van der Waals surface area contributed by atoms with Gasteiger partial charge in [0.05, 0.1) is 23.9 Å². The lowest BCUT2D eigenvalue weighted by atomic mass is 9.73. The van der Waals surface area contributed by atoms with E-state index in [0.717, 1.165) is 42.4 Å². The van der Waals surface area contributed by atoms with Gasteiger partial charge in [0.1, 0.15) is 17.2 Å². The highest BCUT2D eigenvalue weighted by Gasteiger charge is 2.55. The third-order valence-corrected chi connectivity index (χ3v) is 9.76. The number of nitrogens with one attached hydrogen (secondary N) is 1. The number of benzene rings is 1. The van der Waals surface area contributed by atoms with Gasteiger partial charge in [-0.05, 0) is 84.0 Å². The Bertz CT molecular complexity index is 1460. The molecule has 4 saturated heterocycles. The molecule has 8 rings (SSSR count). The molecule has 9 nitrogen and oxygen atoms in total. The Morgan fingerprint density at radius 2 is 1.76 bits per heavy atom. The maximum Gasteiger partial charge on any atom is 0.229 e. The number of hydrogen-bond acceptors (Lipinski definition) is 9. The fourth-order valence-electron chi connectivity index (χ4n) is 7.05. The van der Waals surface area contributed by atoms with Gasteiger partial charge in [0.25, 0.3) is 0 Å². The molecule has 2 aromatic heterocycles. The highest BCUT2D eigenvalue weighted by molar-refractivity contribution is 5.71. The van der Waals surface area contributed by atoms with E-state index in [4.69, 9.17) is 19.7 Å². The lowest BCUT2D eigenvalue weighted by Crippen LogP contribution is -2.67. The molecular formula is C32H41N7O2. The Morgan fingerprint density at radius 1 is 1.02 bits per heavy atom. The number of hydrogen-bond donors (Lipinski definition) is 2. The lowest BCUT2D eigenvalue weighted by molar-refractivity contribution is -0.0893. The van der Waals surface area contributed by atoms with E-state index in [-0.39, 0.29) is 17.1 Å². The first kappa shape index (κ1) is 26.6. The zero-order valence-corrected chi connectivity index (χ0v) is 24.9. The van der Waals surface area contributed by atoms with Gasteiger partial charge in [-0.15, -0.1) is 0 Å². The number of aromatic nitrogens is 3. The molecule has 9 heteroatoms. The van der Waals surface area contributed by atoms with Gasteiger partial charge in [-0.2, -0.15) is 4.98 Å². The van der Waals surface area contributed by atoms with Crippen molar-refractivity contribution in [1.82, 2.24) is 19.9 Å². The van der Waals surface area contributed by atoms with Crippen LogP contribution in [0.25, 0.3) is 0 Å². The summed E-state index contributed by atoms with van der Waals surface area (Å²) in [7, 11) is 2.24. The van der Waals surface area contributed by atoms with Gasteiger partial charge in [0, 0.05) is 53.7 Å². The number of anilines is 5. The number of ether oxygens (including phenoxy) is 1. The van der Waals surface area contributed by atoms with Crippen molar-refractivity contribution in [3.8, 4) is 0 Å². The van der Waals surface area contributed by atoms with E-state index < -0.39 is 5.60 Å². The van der Waals surface area contributed by atoms with E-state index in [2.05, 4.69) is 72.1 Å². The van der Waals surface area contributed by atoms with Gasteiger partial charge in [-0.1, -0.05) is 13.0 Å². The highest BCUT2D eigenvalue weighted by Crippen LogP contribution is 2.53. The zero-order chi connectivity index (χ0) is 28.7. The second kappa shape index (κ2) is 9.11. The van der Waals surface area contributed by atoms with Crippen molar-refractivity contribution in [2.45, 2.75) is 82.2 Å². The van der Waals surface area contributed by atoms with Crippen LogP contribution < -0.4 is 15.1 Å². The summed E-state index contributed by atoms with van der Waals surface area (Å²) < 4.78 is 6.34. The molecule has 4 atom stereocenters. The Kier molecular flexibility index (Phi) is 5.92. The fraction of sp³-hybridized carbons (Fsp3) is 0.531. The predicted molar refractivity (Wildman–Crippen MR) is 161 cm³/mol. The number of nitrogens with zero attached hydrogens (tertiary/aromatic N) is 6. The Balaban J connectivity index is 1.20. The number of aliphatic hydroxyl groups is 1. The van der Waals surface area contributed by atoms with Crippen LogP contribution in [0.3, 0.4) is 0 Å². The monoisotopic (exact) mass is 555 g/mol. The largest absolute Gasteiger partial charge is 0.384 e. The molecule has 0 saturated carbocycles. The van der Waals surface area contributed by atoms with Crippen LogP contribution in [0.5, 0.6) is 0 Å². The minimum Gasteiger partial charge on any atom is -0.384 e. The third-order valence-electron chi connectivity index (χ3n) is 9.76. The molecule has 41 heavy (non-hydrogen) atoms. The topological polar surface area (TPSA) is 89.9 Å². The van der Waals surface area contributed by atoms with E-state index in [1.807, 2.05) is 24.4 Å². The molecule has 0 aliphatic carbocycles. The van der Waals surface area contributed by atoms with Gasteiger partial charge in [-0.25, -0.2) is 9.97 Å². The second-order valence-electron chi connectivity index (χ2n) is 13.7. The maximum absolute atomic E-state index is 10.7. The molecule has 3 aromatic rings. The maximum atomic E-state index is 10.7. The SMILES string of the molecule is CN1[C@@H]2C[C@H]1CN(c1ccc(Nc3ncc4c(n3)N(c3cccc(C(C)(C)O)n3)[C@H]3CC(C)(C)OC[C@@]43C)cc1)C2. The van der Waals surface area contributed by atoms with Crippen LogP contribution in [0, 0.1) is 0 Å². The summed E-state index contributed by atoms with van der Waals surface area (Å²) in [6.07, 6.45) is 4.08. The molecule has 0 radical (unpaired) electrons. The lowest BCUT2D eigenvalue weighted by Gasteiger charge is -2.55. The smallest absolute Gasteiger partial charge is 0.229 e. The number of rotatable bonds is 5. The Hall–Kier alpha value is -3.27. The molecule has 7 heterocycles. The van der Waals surface area contributed by atoms with Crippen LogP contribution in [0.15, 0.2) is 48.7 Å². The minimum absolute atomic E-state index is 0.0874. The number of fused-ring (bicyclic) bond motifs is 5. The molecule has 1 aromatic carbocycles. The Labute approximate surface area is 242 Å². The van der Waals surface area contributed by atoms with E-state index in [1.165, 1.54) is 12.1 Å². The Morgan fingerprint density at radius 3 is 2.44 bits per heavy atom. The van der Waals surface area contributed by atoms with Gasteiger partial charge in [0.15, 0.2) is 0 Å². The van der Waals surface area contributed by atoms with Crippen LogP contribution in [0.1, 0.15) is 58.7 Å². The summed E-state index contributed by atoms with van der Waals surface area (Å²) in [5.41, 5.74) is 2.28. The number of piperazine rings is 1. The van der Waals surface area contributed by atoms with Crippen molar-refractivity contribution in [1.29, 1.82) is 0 Å². The molecule has 216 valence electrons. The molecule has 4 fully saturated rings. The van der Waals surface area contributed by atoms with Crippen molar-refractivity contribution >= 4 is 29.0 Å². The average molecular weight is 556 g/mol. The number of piperidine rings is 1. The van der Waals surface area contributed by atoms with Crippen molar-refractivity contribution in [3.05, 3.63) is 59.9 Å². The molecule has 5 aliphatic rings. The number of pyridine rings is 1. The van der Waals surface area contributed by atoms with E-state index in [0.29, 0.717) is 30.3 Å². The summed E-state index contributed by atoms with van der Waals surface area (Å²) in [6.45, 7) is 12.8. The van der Waals surface area contributed by atoms with Gasteiger partial charge < -0.3 is 25.0 Å². The normalized spacial score (nSPS) is 28.6.